The zero-order valence-corrected chi connectivity index (χ0v) is 14.1. The van der Waals surface area contributed by atoms with Gasteiger partial charge in [0.2, 0.25) is 5.89 Å². The van der Waals surface area contributed by atoms with Gasteiger partial charge in [-0.2, -0.15) is 0 Å². The van der Waals surface area contributed by atoms with Crippen LogP contribution in [0.15, 0.2) is 71.3 Å². The Bertz CT molecular complexity index is 1180. The quantitative estimate of drug-likeness (QED) is 0.407. The van der Waals surface area contributed by atoms with Crippen LogP contribution < -0.4 is 0 Å². The number of oxazole rings is 1. The van der Waals surface area contributed by atoms with Crippen LogP contribution in [-0.2, 0) is 6.42 Å². The van der Waals surface area contributed by atoms with Gasteiger partial charge in [0, 0.05) is 5.56 Å². The summed E-state index contributed by atoms with van der Waals surface area (Å²) in [4.78, 5) is 9.89. The molecule has 5 rings (SSSR count). The third kappa shape index (κ3) is 2.71. The van der Waals surface area contributed by atoms with Gasteiger partial charge in [0.05, 0.1) is 0 Å². The molecule has 0 unspecified atom stereocenters. The molecule has 0 aliphatic heterocycles. The normalized spacial score (nSPS) is 11.4. The highest BCUT2D eigenvalue weighted by Gasteiger charge is 2.09. The second kappa shape index (κ2) is 5.83. The van der Waals surface area contributed by atoms with Crippen LogP contribution in [0.3, 0.4) is 0 Å². The highest BCUT2D eigenvalue weighted by atomic mass is 32.1. The van der Waals surface area contributed by atoms with Gasteiger partial charge in [-0.15, -0.1) is 11.1 Å². The smallest absolute Gasteiger partial charge is 0.227 e. The summed E-state index contributed by atoms with van der Waals surface area (Å²) in [5, 5.41) is 2.40. The van der Waals surface area contributed by atoms with Crippen LogP contribution in [0, 0.1) is 5.51 Å². The monoisotopic (exact) mass is 341 g/mol. The average Bonchev–Trinajstić information content (AvgIpc) is 3.30. The molecular weight excluding hydrogens is 328 g/mol. The Morgan fingerprint density at radius 1 is 0.960 bits per heavy atom. The first-order chi connectivity index (χ1) is 12.3. The lowest BCUT2D eigenvalue weighted by Crippen LogP contribution is -1.84. The van der Waals surface area contributed by atoms with Gasteiger partial charge in [0.1, 0.15) is 5.52 Å². The minimum Gasteiger partial charge on any atom is -0.436 e. The second-order valence-corrected chi connectivity index (χ2v) is 6.89. The van der Waals surface area contributed by atoms with Crippen molar-refractivity contribution in [2.24, 2.45) is 0 Å². The number of hydrogen-bond acceptors (Lipinski definition) is 4. The van der Waals surface area contributed by atoms with Gasteiger partial charge >= 0.3 is 0 Å². The van der Waals surface area contributed by atoms with Crippen molar-refractivity contribution in [3.63, 3.8) is 0 Å². The molecule has 0 atom stereocenters. The van der Waals surface area contributed by atoms with Crippen LogP contribution in [0.25, 0.3) is 33.3 Å². The van der Waals surface area contributed by atoms with E-state index in [1.165, 1.54) is 21.2 Å². The highest BCUT2D eigenvalue weighted by molar-refractivity contribution is 7.09. The topological polar surface area (TPSA) is 38.9 Å². The molecule has 0 saturated carbocycles. The Hall–Kier alpha value is -2.98. The first-order valence-corrected chi connectivity index (χ1v) is 8.86. The van der Waals surface area contributed by atoms with Gasteiger partial charge in [0.25, 0.3) is 0 Å². The van der Waals surface area contributed by atoms with E-state index in [2.05, 4.69) is 53.0 Å². The van der Waals surface area contributed by atoms with Gasteiger partial charge in [-0.3, -0.25) is 11.3 Å². The van der Waals surface area contributed by atoms with Gasteiger partial charge < -0.3 is 9.40 Å². The zero-order valence-electron chi connectivity index (χ0n) is 13.3. The molecular formula is C21H13N2OS-. The van der Waals surface area contributed by atoms with Crippen molar-refractivity contribution in [3.05, 3.63) is 82.8 Å². The van der Waals surface area contributed by atoms with Crippen molar-refractivity contribution >= 4 is 33.2 Å². The molecule has 0 fully saturated rings. The van der Waals surface area contributed by atoms with Crippen LogP contribution >= 0.6 is 11.3 Å². The summed E-state index contributed by atoms with van der Waals surface area (Å²) >= 11 is 1.55. The summed E-state index contributed by atoms with van der Waals surface area (Å²) in [5.74, 6) is 0.657. The molecule has 4 heteroatoms. The third-order valence-electron chi connectivity index (χ3n) is 4.26. The minimum atomic E-state index is 0.657. The number of nitrogens with zero attached hydrogens (tertiary/aromatic N) is 2. The van der Waals surface area contributed by atoms with Crippen molar-refractivity contribution in [2.45, 2.75) is 6.42 Å². The summed E-state index contributed by atoms with van der Waals surface area (Å²) in [7, 11) is 0. The lowest BCUT2D eigenvalue weighted by molar-refractivity contribution is 0.620. The van der Waals surface area contributed by atoms with Crippen molar-refractivity contribution < 1.29 is 4.42 Å². The predicted octanol–water partition coefficient (Wildman–Crippen LogP) is 5.50. The Kier molecular flexibility index (Phi) is 3.35. The summed E-state index contributed by atoms with van der Waals surface area (Å²) in [6, 6.07) is 20.7. The van der Waals surface area contributed by atoms with E-state index in [1.807, 2.05) is 24.4 Å². The molecule has 0 amide bonds. The molecule has 2 heterocycles. The van der Waals surface area contributed by atoms with Crippen LogP contribution in [0.2, 0.25) is 0 Å². The van der Waals surface area contributed by atoms with E-state index in [-0.39, 0.29) is 0 Å². The van der Waals surface area contributed by atoms with Gasteiger partial charge in [-0.1, -0.05) is 42.0 Å². The molecule has 0 bridgehead atoms. The molecule has 0 N–H and O–H groups in total. The number of fused-ring (bicyclic) bond motifs is 2. The first-order valence-electron chi connectivity index (χ1n) is 8.04. The van der Waals surface area contributed by atoms with Gasteiger partial charge in [-0.05, 0) is 47.0 Å². The molecule has 120 valence electrons. The van der Waals surface area contributed by atoms with Crippen molar-refractivity contribution in [1.82, 2.24) is 9.97 Å². The molecule has 5 aromatic rings. The molecule has 2 aromatic heterocycles. The molecule has 0 aliphatic rings. The lowest BCUT2D eigenvalue weighted by Gasteiger charge is -2.02. The van der Waals surface area contributed by atoms with Crippen LogP contribution in [0.1, 0.15) is 10.4 Å². The number of benzene rings is 3. The number of rotatable bonds is 3. The van der Waals surface area contributed by atoms with Crippen molar-refractivity contribution in [2.75, 3.05) is 0 Å². The third-order valence-corrected chi connectivity index (χ3v) is 4.97. The molecule has 0 spiro atoms. The number of hydrogen-bond donors (Lipinski definition) is 0. The Balaban J connectivity index is 1.54. The van der Waals surface area contributed by atoms with Crippen LogP contribution in [0.5, 0.6) is 0 Å². The molecule has 0 aliphatic carbocycles. The Morgan fingerprint density at radius 3 is 2.76 bits per heavy atom. The molecule has 0 saturated heterocycles. The van der Waals surface area contributed by atoms with Crippen molar-refractivity contribution in [1.29, 1.82) is 0 Å². The first kappa shape index (κ1) is 14.4. The van der Waals surface area contributed by atoms with E-state index in [4.69, 9.17) is 9.40 Å². The minimum absolute atomic E-state index is 0.657. The largest absolute Gasteiger partial charge is 0.436 e. The summed E-state index contributed by atoms with van der Waals surface area (Å²) in [6.45, 7) is 0. The fourth-order valence-corrected chi connectivity index (χ4v) is 3.59. The maximum atomic E-state index is 5.97. The van der Waals surface area contributed by atoms with E-state index in [0.29, 0.717) is 5.89 Å². The fourth-order valence-electron chi connectivity index (χ4n) is 3.02. The van der Waals surface area contributed by atoms with E-state index in [9.17, 15) is 0 Å². The van der Waals surface area contributed by atoms with Crippen molar-refractivity contribution in [3.8, 4) is 11.5 Å². The van der Waals surface area contributed by atoms with Gasteiger partial charge in [-0.25, -0.2) is 4.98 Å². The van der Waals surface area contributed by atoms with Crippen LogP contribution in [-0.4, -0.2) is 9.97 Å². The average molecular weight is 341 g/mol. The molecule has 3 nitrogen and oxygen atoms in total. The molecule has 0 radical (unpaired) electrons. The summed E-state index contributed by atoms with van der Waals surface area (Å²) in [5.41, 5.74) is 6.77. The Labute approximate surface area is 148 Å². The lowest BCUT2D eigenvalue weighted by atomic mass is 10.1. The zero-order chi connectivity index (χ0) is 16.6. The highest BCUT2D eigenvalue weighted by Crippen LogP contribution is 2.28. The standard InChI is InChI=1S/C21H13N2OS/c1-2-4-16-11-17(7-6-15(16)3-1)21-23-19-10-14(5-8-20(19)24-21)9-18-12-22-13-25-18/h1-8,10-12H,9H2/q-1. The number of thiazole rings is 1. The van der Waals surface area contributed by atoms with E-state index >= 15 is 0 Å². The summed E-state index contributed by atoms with van der Waals surface area (Å²) < 4.78 is 5.97. The fraction of sp³-hybridized carbons (Fsp3) is 0.0476. The summed E-state index contributed by atoms with van der Waals surface area (Å²) in [6.07, 6.45) is 2.70. The Morgan fingerprint density at radius 2 is 1.88 bits per heavy atom. The van der Waals surface area contributed by atoms with E-state index < -0.39 is 0 Å². The second-order valence-electron chi connectivity index (χ2n) is 5.98. The molecule has 3 aromatic carbocycles. The number of aromatic nitrogens is 2. The SMILES string of the molecule is [c-]1ncc(Cc2ccc3oc(-c4ccc5ccccc5c4)nc3c2)s1. The predicted molar refractivity (Wildman–Crippen MR) is 101 cm³/mol. The molecule has 25 heavy (non-hydrogen) atoms. The maximum absolute atomic E-state index is 5.97. The van der Waals surface area contributed by atoms with Gasteiger partial charge in [0.15, 0.2) is 5.58 Å². The van der Waals surface area contributed by atoms with Crippen LogP contribution in [0.4, 0.5) is 0 Å². The maximum Gasteiger partial charge on any atom is 0.227 e. The van der Waals surface area contributed by atoms with E-state index in [1.54, 1.807) is 11.3 Å². The van der Waals surface area contributed by atoms with E-state index in [0.717, 1.165) is 23.1 Å².